The lowest BCUT2D eigenvalue weighted by Gasteiger charge is -2.21. The predicted octanol–water partition coefficient (Wildman–Crippen LogP) is 1.49. The lowest BCUT2D eigenvalue weighted by atomic mass is 10.2. The molecule has 2 N–H and O–H groups in total. The number of nitrogens with two attached hydrogens (primary N) is 1. The molecule has 0 aliphatic heterocycles. The molecule has 1 amide bonds. The summed E-state index contributed by atoms with van der Waals surface area (Å²) in [7, 11) is -3.88. The van der Waals surface area contributed by atoms with Crippen molar-refractivity contribution in [1.29, 1.82) is 0 Å². The molecule has 0 heterocycles. The number of primary sulfonamides is 1. The molecule has 1 aromatic carbocycles. The molecular weight excluding hydrogens is 316 g/mol. The average molecular weight is 335 g/mol. The van der Waals surface area contributed by atoms with Gasteiger partial charge in [-0.15, -0.1) is 0 Å². The van der Waals surface area contributed by atoms with Gasteiger partial charge in [0, 0.05) is 19.7 Å². The van der Waals surface area contributed by atoms with E-state index in [1.165, 1.54) is 23.1 Å². The predicted molar refractivity (Wildman–Crippen MR) is 80.9 cm³/mol. The molecule has 118 valence electrons. The first kappa shape index (κ1) is 17.9. The maximum absolute atomic E-state index is 12.4. The lowest BCUT2D eigenvalue weighted by Crippen LogP contribution is -2.34. The summed E-state index contributed by atoms with van der Waals surface area (Å²) in [5.74, 6) is -0.354. The molecule has 0 atom stereocenters. The zero-order chi connectivity index (χ0) is 16.0. The number of ether oxygens (including phenoxy) is 1. The summed E-state index contributed by atoms with van der Waals surface area (Å²) in [6, 6.07) is 3.82. The molecule has 0 unspecified atom stereocenters. The third-order valence-corrected chi connectivity index (χ3v) is 4.12. The van der Waals surface area contributed by atoms with Crippen molar-refractivity contribution >= 4 is 27.5 Å². The molecule has 1 aromatic rings. The highest BCUT2D eigenvalue weighted by Crippen LogP contribution is 2.21. The van der Waals surface area contributed by atoms with Crippen LogP contribution < -0.4 is 5.14 Å². The Morgan fingerprint density at radius 1 is 1.38 bits per heavy atom. The molecule has 0 fully saturated rings. The summed E-state index contributed by atoms with van der Waals surface area (Å²) >= 11 is 5.99. The van der Waals surface area contributed by atoms with E-state index in [4.69, 9.17) is 21.5 Å². The van der Waals surface area contributed by atoms with Crippen molar-refractivity contribution in [1.82, 2.24) is 4.90 Å². The minimum atomic E-state index is -3.88. The second-order valence-corrected chi connectivity index (χ2v) is 6.24. The van der Waals surface area contributed by atoms with Gasteiger partial charge in [-0.3, -0.25) is 4.79 Å². The van der Waals surface area contributed by atoms with Gasteiger partial charge in [-0.1, -0.05) is 11.6 Å². The summed E-state index contributed by atoms with van der Waals surface area (Å²) in [5.41, 5.74) is 0.113. The molecular formula is C13H19ClN2O4S. The standard InChI is InChI=1S/C13H19ClN2O4S/c1-3-16(7-8-20-4-2)13(17)11-9-10(21(15,18)19)5-6-12(11)14/h5-6,9H,3-4,7-8H2,1-2H3,(H2,15,18,19). The zero-order valence-electron chi connectivity index (χ0n) is 12.0. The van der Waals surface area contributed by atoms with Crippen LogP contribution in [0.3, 0.4) is 0 Å². The number of halogens is 1. The molecule has 0 spiro atoms. The zero-order valence-corrected chi connectivity index (χ0v) is 13.6. The van der Waals surface area contributed by atoms with Gasteiger partial charge in [0.1, 0.15) is 0 Å². The molecule has 0 aliphatic carbocycles. The maximum Gasteiger partial charge on any atom is 0.255 e. The number of rotatable bonds is 7. The fourth-order valence-electron chi connectivity index (χ4n) is 1.74. The van der Waals surface area contributed by atoms with Crippen molar-refractivity contribution in [2.45, 2.75) is 18.7 Å². The molecule has 0 saturated carbocycles. The fourth-order valence-corrected chi connectivity index (χ4v) is 2.48. The van der Waals surface area contributed by atoms with Gasteiger partial charge < -0.3 is 9.64 Å². The van der Waals surface area contributed by atoms with Gasteiger partial charge in [-0.05, 0) is 32.0 Å². The van der Waals surface area contributed by atoms with Crippen molar-refractivity contribution < 1.29 is 17.9 Å². The van der Waals surface area contributed by atoms with Crippen LogP contribution in [0.25, 0.3) is 0 Å². The van der Waals surface area contributed by atoms with Gasteiger partial charge in [0.2, 0.25) is 10.0 Å². The lowest BCUT2D eigenvalue weighted by molar-refractivity contribution is 0.0669. The van der Waals surface area contributed by atoms with E-state index in [1.54, 1.807) is 0 Å². The number of carbonyl (C=O) groups excluding carboxylic acids is 1. The largest absolute Gasteiger partial charge is 0.380 e. The van der Waals surface area contributed by atoms with E-state index in [0.717, 1.165) is 0 Å². The quantitative estimate of drug-likeness (QED) is 0.765. The Labute approximate surface area is 129 Å². The molecule has 1 rings (SSSR count). The molecule has 6 nitrogen and oxygen atoms in total. The van der Waals surface area contributed by atoms with Crippen LogP contribution >= 0.6 is 11.6 Å². The van der Waals surface area contributed by atoms with Gasteiger partial charge in [0.25, 0.3) is 5.91 Å². The first-order chi connectivity index (χ1) is 9.81. The first-order valence-corrected chi connectivity index (χ1v) is 8.43. The number of hydrogen-bond donors (Lipinski definition) is 1. The molecule has 0 aromatic heterocycles. The first-order valence-electron chi connectivity index (χ1n) is 6.50. The summed E-state index contributed by atoms with van der Waals surface area (Å²) in [5, 5.41) is 5.25. The highest BCUT2D eigenvalue weighted by atomic mass is 35.5. The second kappa shape index (κ2) is 7.74. The average Bonchev–Trinajstić information content (AvgIpc) is 2.42. The van der Waals surface area contributed by atoms with Crippen LogP contribution in [0.15, 0.2) is 23.1 Å². The van der Waals surface area contributed by atoms with E-state index < -0.39 is 10.0 Å². The molecule has 0 radical (unpaired) electrons. The van der Waals surface area contributed by atoms with Crippen molar-refractivity contribution in [2.75, 3.05) is 26.3 Å². The SMILES string of the molecule is CCOCCN(CC)C(=O)c1cc(S(N)(=O)=O)ccc1Cl. The molecule has 8 heteroatoms. The Morgan fingerprint density at radius 3 is 2.57 bits per heavy atom. The van der Waals surface area contributed by atoms with Crippen LogP contribution in [0.5, 0.6) is 0 Å². The highest BCUT2D eigenvalue weighted by molar-refractivity contribution is 7.89. The van der Waals surface area contributed by atoms with E-state index in [0.29, 0.717) is 26.3 Å². The number of likely N-dealkylation sites (N-methyl/N-ethyl adjacent to an activating group) is 1. The van der Waals surface area contributed by atoms with Crippen LogP contribution in [0.1, 0.15) is 24.2 Å². The van der Waals surface area contributed by atoms with Gasteiger partial charge in [0.15, 0.2) is 0 Å². The third-order valence-electron chi connectivity index (χ3n) is 2.88. The summed E-state index contributed by atoms with van der Waals surface area (Å²) < 4.78 is 27.9. The summed E-state index contributed by atoms with van der Waals surface area (Å²) in [6.45, 7) is 5.52. The summed E-state index contributed by atoms with van der Waals surface area (Å²) in [6.07, 6.45) is 0. The molecule has 0 saturated heterocycles. The van der Waals surface area contributed by atoms with Gasteiger partial charge in [-0.25, -0.2) is 13.6 Å². The number of benzene rings is 1. The van der Waals surface area contributed by atoms with E-state index in [2.05, 4.69) is 0 Å². The maximum atomic E-state index is 12.4. The Kier molecular flexibility index (Phi) is 6.60. The smallest absolute Gasteiger partial charge is 0.255 e. The van der Waals surface area contributed by atoms with Crippen LogP contribution in [0.2, 0.25) is 5.02 Å². The van der Waals surface area contributed by atoms with E-state index >= 15 is 0 Å². The van der Waals surface area contributed by atoms with Crippen LogP contribution in [-0.2, 0) is 14.8 Å². The topological polar surface area (TPSA) is 89.7 Å². The number of carbonyl (C=O) groups is 1. The Morgan fingerprint density at radius 2 is 2.05 bits per heavy atom. The monoisotopic (exact) mass is 334 g/mol. The van der Waals surface area contributed by atoms with Gasteiger partial charge in [-0.2, -0.15) is 0 Å². The third kappa shape index (κ3) is 4.96. The number of sulfonamides is 1. The Balaban J connectivity index is 3.04. The van der Waals surface area contributed by atoms with Crippen LogP contribution in [-0.4, -0.2) is 45.5 Å². The van der Waals surface area contributed by atoms with Gasteiger partial charge in [0.05, 0.1) is 22.1 Å². The van der Waals surface area contributed by atoms with Crippen LogP contribution in [0.4, 0.5) is 0 Å². The van der Waals surface area contributed by atoms with Crippen molar-refractivity contribution in [3.8, 4) is 0 Å². The molecule has 21 heavy (non-hydrogen) atoms. The second-order valence-electron chi connectivity index (χ2n) is 4.27. The van der Waals surface area contributed by atoms with Crippen molar-refractivity contribution in [3.63, 3.8) is 0 Å². The summed E-state index contributed by atoms with van der Waals surface area (Å²) in [4.78, 5) is 13.8. The minimum absolute atomic E-state index is 0.113. The Hall–Kier alpha value is -1.15. The Bertz CT molecular complexity index is 604. The van der Waals surface area contributed by atoms with E-state index in [1.807, 2.05) is 13.8 Å². The van der Waals surface area contributed by atoms with E-state index in [9.17, 15) is 13.2 Å². The van der Waals surface area contributed by atoms with Crippen molar-refractivity contribution in [2.24, 2.45) is 5.14 Å². The van der Waals surface area contributed by atoms with E-state index in [-0.39, 0.29) is 21.4 Å². The molecule has 0 aliphatic rings. The number of amides is 1. The highest BCUT2D eigenvalue weighted by Gasteiger charge is 2.20. The fraction of sp³-hybridized carbons (Fsp3) is 0.462. The number of nitrogens with zero attached hydrogens (tertiary/aromatic N) is 1. The number of hydrogen-bond acceptors (Lipinski definition) is 4. The minimum Gasteiger partial charge on any atom is -0.380 e. The normalized spacial score (nSPS) is 11.4. The van der Waals surface area contributed by atoms with Gasteiger partial charge >= 0.3 is 0 Å². The molecule has 0 bridgehead atoms. The van der Waals surface area contributed by atoms with Crippen LogP contribution in [0, 0.1) is 0 Å². The van der Waals surface area contributed by atoms with Crippen molar-refractivity contribution in [3.05, 3.63) is 28.8 Å².